The summed E-state index contributed by atoms with van der Waals surface area (Å²) in [6, 6.07) is 13.1. The second-order valence-corrected chi connectivity index (χ2v) is 6.92. The van der Waals surface area contributed by atoms with Gasteiger partial charge in [-0.3, -0.25) is 0 Å². The highest BCUT2D eigenvalue weighted by atomic mass is 35.5. The van der Waals surface area contributed by atoms with Crippen molar-refractivity contribution in [3.05, 3.63) is 64.7 Å². The smallest absolute Gasteiger partial charge is 0.240 e. The number of thiocarbonyl (C=S) groups is 1. The zero-order valence-electron chi connectivity index (χ0n) is 10.9. The molecule has 0 heterocycles. The van der Waals surface area contributed by atoms with E-state index >= 15 is 0 Å². The molecule has 0 aliphatic heterocycles. The van der Waals surface area contributed by atoms with Crippen molar-refractivity contribution in [2.75, 3.05) is 0 Å². The minimum atomic E-state index is -3.61. The predicted molar refractivity (Wildman–Crippen MR) is 87.8 cm³/mol. The summed E-state index contributed by atoms with van der Waals surface area (Å²) in [5.41, 5.74) is 6.81. The van der Waals surface area contributed by atoms with Crippen molar-refractivity contribution in [1.29, 1.82) is 0 Å². The lowest BCUT2D eigenvalue weighted by Gasteiger charge is -2.08. The van der Waals surface area contributed by atoms with Gasteiger partial charge in [0.25, 0.3) is 0 Å². The van der Waals surface area contributed by atoms with Gasteiger partial charge in [-0.2, -0.15) is 0 Å². The standard InChI is InChI=1S/C14H13ClN2O2S2/c15-13-4-2-1-3-11(13)9-17-21(18,19)12-7-5-10(6-8-12)14(16)20/h1-8,17H,9H2,(H2,16,20). The summed E-state index contributed by atoms with van der Waals surface area (Å²) < 4.78 is 26.9. The highest BCUT2D eigenvalue weighted by Crippen LogP contribution is 2.16. The summed E-state index contributed by atoms with van der Waals surface area (Å²) in [5.74, 6) is 0. The predicted octanol–water partition coefficient (Wildman–Crippen LogP) is 2.45. The second-order valence-electron chi connectivity index (χ2n) is 4.30. The maximum Gasteiger partial charge on any atom is 0.240 e. The first-order valence-corrected chi connectivity index (χ1v) is 8.30. The van der Waals surface area contributed by atoms with Crippen molar-refractivity contribution in [3.8, 4) is 0 Å². The van der Waals surface area contributed by atoms with Crippen LogP contribution in [0.4, 0.5) is 0 Å². The molecule has 4 nitrogen and oxygen atoms in total. The third kappa shape index (κ3) is 4.01. The lowest BCUT2D eigenvalue weighted by atomic mass is 10.2. The molecule has 0 amide bonds. The van der Waals surface area contributed by atoms with Gasteiger partial charge in [0, 0.05) is 17.1 Å². The van der Waals surface area contributed by atoms with E-state index in [-0.39, 0.29) is 16.4 Å². The van der Waals surface area contributed by atoms with Crippen molar-refractivity contribution in [3.63, 3.8) is 0 Å². The van der Waals surface area contributed by atoms with E-state index in [1.807, 2.05) is 0 Å². The van der Waals surface area contributed by atoms with Crippen LogP contribution >= 0.6 is 23.8 Å². The van der Waals surface area contributed by atoms with Crippen LogP contribution in [0.2, 0.25) is 5.02 Å². The highest BCUT2D eigenvalue weighted by Gasteiger charge is 2.14. The Morgan fingerprint density at radius 2 is 1.76 bits per heavy atom. The fraction of sp³-hybridized carbons (Fsp3) is 0.0714. The van der Waals surface area contributed by atoms with Crippen LogP contribution in [-0.2, 0) is 16.6 Å². The van der Waals surface area contributed by atoms with Crippen LogP contribution < -0.4 is 10.5 Å². The molecular formula is C14H13ClN2O2S2. The molecule has 2 aromatic carbocycles. The van der Waals surface area contributed by atoms with E-state index < -0.39 is 10.0 Å². The van der Waals surface area contributed by atoms with E-state index in [1.165, 1.54) is 12.1 Å². The van der Waals surface area contributed by atoms with Gasteiger partial charge < -0.3 is 5.73 Å². The maximum atomic E-state index is 12.2. The Balaban J connectivity index is 2.15. The summed E-state index contributed by atoms with van der Waals surface area (Å²) in [5, 5.41) is 0.518. The Hall–Kier alpha value is -1.47. The van der Waals surface area contributed by atoms with Crippen LogP contribution in [0.1, 0.15) is 11.1 Å². The topological polar surface area (TPSA) is 72.2 Å². The molecule has 0 spiro atoms. The van der Waals surface area contributed by atoms with Gasteiger partial charge in [0.05, 0.1) is 4.90 Å². The Kier molecular flexibility index (Phi) is 4.95. The fourth-order valence-electron chi connectivity index (χ4n) is 1.70. The molecule has 0 saturated carbocycles. The van der Waals surface area contributed by atoms with Crippen molar-refractivity contribution in [2.45, 2.75) is 11.4 Å². The SMILES string of the molecule is NC(=S)c1ccc(S(=O)(=O)NCc2ccccc2Cl)cc1. The minimum Gasteiger partial charge on any atom is -0.389 e. The quantitative estimate of drug-likeness (QED) is 0.820. The van der Waals surface area contributed by atoms with Crippen LogP contribution in [0.3, 0.4) is 0 Å². The molecule has 0 atom stereocenters. The lowest BCUT2D eigenvalue weighted by Crippen LogP contribution is -2.23. The number of hydrogen-bond donors (Lipinski definition) is 2. The summed E-state index contributed by atoms with van der Waals surface area (Å²) >= 11 is 10.8. The van der Waals surface area contributed by atoms with Gasteiger partial charge in [-0.1, -0.05) is 54.2 Å². The number of sulfonamides is 1. The van der Waals surface area contributed by atoms with Crippen molar-refractivity contribution >= 4 is 38.8 Å². The lowest BCUT2D eigenvalue weighted by molar-refractivity contribution is 0.581. The van der Waals surface area contributed by atoms with Gasteiger partial charge in [-0.15, -0.1) is 0 Å². The molecule has 2 rings (SSSR count). The summed E-state index contributed by atoms with van der Waals surface area (Å²) in [7, 11) is -3.61. The first-order valence-electron chi connectivity index (χ1n) is 6.03. The Morgan fingerprint density at radius 1 is 1.14 bits per heavy atom. The molecule has 0 aliphatic rings. The van der Waals surface area contributed by atoms with Gasteiger partial charge in [0.2, 0.25) is 10.0 Å². The number of benzene rings is 2. The number of nitrogens with two attached hydrogens (primary N) is 1. The number of halogens is 1. The maximum absolute atomic E-state index is 12.2. The molecule has 0 aliphatic carbocycles. The zero-order valence-corrected chi connectivity index (χ0v) is 13.3. The van der Waals surface area contributed by atoms with E-state index in [2.05, 4.69) is 4.72 Å². The molecule has 110 valence electrons. The molecule has 21 heavy (non-hydrogen) atoms. The molecule has 7 heteroatoms. The minimum absolute atomic E-state index is 0.124. The highest BCUT2D eigenvalue weighted by molar-refractivity contribution is 7.89. The molecule has 0 fully saturated rings. The zero-order chi connectivity index (χ0) is 15.5. The number of nitrogens with one attached hydrogen (secondary N) is 1. The van der Waals surface area contributed by atoms with Gasteiger partial charge in [-0.05, 0) is 23.8 Å². The third-order valence-electron chi connectivity index (χ3n) is 2.86. The molecule has 0 unspecified atom stereocenters. The Bertz CT molecular complexity index is 759. The monoisotopic (exact) mass is 340 g/mol. The molecular weight excluding hydrogens is 328 g/mol. The van der Waals surface area contributed by atoms with Crippen LogP contribution in [0.25, 0.3) is 0 Å². The third-order valence-corrected chi connectivity index (χ3v) is 4.88. The van der Waals surface area contributed by atoms with Crippen molar-refractivity contribution < 1.29 is 8.42 Å². The van der Waals surface area contributed by atoms with Crippen molar-refractivity contribution in [1.82, 2.24) is 4.72 Å². The van der Waals surface area contributed by atoms with E-state index in [4.69, 9.17) is 29.6 Å². The van der Waals surface area contributed by atoms with Crippen LogP contribution in [-0.4, -0.2) is 13.4 Å². The van der Waals surface area contributed by atoms with Gasteiger partial charge in [0.1, 0.15) is 4.99 Å². The van der Waals surface area contributed by atoms with Crippen LogP contribution in [0.15, 0.2) is 53.4 Å². The van der Waals surface area contributed by atoms with E-state index in [0.717, 1.165) is 0 Å². The largest absolute Gasteiger partial charge is 0.389 e. The Labute approximate surface area is 134 Å². The average molecular weight is 341 g/mol. The Morgan fingerprint density at radius 3 is 2.33 bits per heavy atom. The number of rotatable bonds is 5. The molecule has 0 radical (unpaired) electrons. The summed E-state index contributed by atoms with van der Waals surface area (Å²) in [6.07, 6.45) is 0. The van der Waals surface area contributed by atoms with Crippen LogP contribution in [0, 0.1) is 0 Å². The summed E-state index contributed by atoms with van der Waals surface area (Å²) in [4.78, 5) is 0.373. The first-order chi connectivity index (χ1) is 9.90. The fourth-order valence-corrected chi connectivity index (χ4v) is 3.04. The van der Waals surface area contributed by atoms with E-state index in [9.17, 15) is 8.42 Å². The van der Waals surface area contributed by atoms with Crippen LogP contribution in [0.5, 0.6) is 0 Å². The molecule has 0 aromatic heterocycles. The van der Waals surface area contributed by atoms with Gasteiger partial charge in [0.15, 0.2) is 0 Å². The molecule has 3 N–H and O–H groups in total. The van der Waals surface area contributed by atoms with Gasteiger partial charge >= 0.3 is 0 Å². The van der Waals surface area contributed by atoms with Crippen molar-refractivity contribution in [2.24, 2.45) is 5.73 Å². The normalized spacial score (nSPS) is 11.3. The summed E-state index contributed by atoms with van der Waals surface area (Å²) in [6.45, 7) is 0.124. The van der Waals surface area contributed by atoms with E-state index in [0.29, 0.717) is 16.1 Å². The molecule has 0 saturated heterocycles. The average Bonchev–Trinajstić information content (AvgIpc) is 2.46. The first kappa shape index (κ1) is 15.9. The second kappa shape index (κ2) is 6.53. The molecule has 2 aromatic rings. The van der Waals surface area contributed by atoms with E-state index in [1.54, 1.807) is 36.4 Å². The van der Waals surface area contributed by atoms with Gasteiger partial charge in [-0.25, -0.2) is 13.1 Å². The number of hydrogen-bond acceptors (Lipinski definition) is 3. The molecule has 0 bridgehead atoms.